The molecule has 2 heterocycles. The molecular weight excluding hydrogens is 259 g/mol. The quantitative estimate of drug-likeness (QED) is 0.917. The van der Waals surface area contributed by atoms with Crippen LogP contribution < -0.4 is 10.2 Å². The number of halogens is 2. The standard InChI is InChI=1S/C11H17ClN4.ClH/c1-16(8-9-3-2-6-13-7-9)11-5-4-10(12)14-15-11;/h4-5,9,13H,2-3,6-8H2,1H3;1H. The maximum absolute atomic E-state index is 5.71. The second kappa shape index (κ2) is 6.99. The number of rotatable bonds is 3. The lowest BCUT2D eigenvalue weighted by molar-refractivity contribution is 0.380. The van der Waals surface area contributed by atoms with Gasteiger partial charge in [0.1, 0.15) is 0 Å². The van der Waals surface area contributed by atoms with Gasteiger partial charge in [-0.05, 0) is 44.0 Å². The summed E-state index contributed by atoms with van der Waals surface area (Å²) in [6.45, 7) is 3.27. The lowest BCUT2D eigenvalue weighted by Crippen LogP contribution is -2.37. The van der Waals surface area contributed by atoms with Crippen LogP contribution >= 0.6 is 24.0 Å². The van der Waals surface area contributed by atoms with Gasteiger partial charge in [-0.1, -0.05) is 11.6 Å². The predicted molar refractivity (Wildman–Crippen MR) is 73.2 cm³/mol. The lowest BCUT2D eigenvalue weighted by atomic mass is 9.99. The molecule has 0 aromatic carbocycles. The highest BCUT2D eigenvalue weighted by Crippen LogP contribution is 2.15. The molecule has 1 saturated heterocycles. The molecule has 1 aromatic rings. The lowest BCUT2D eigenvalue weighted by Gasteiger charge is -2.27. The Kier molecular flexibility index (Phi) is 5.95. The van der Waals surface area contributed by atoms with Crippen LogP contribution in [0.1, 0.15) is 12.8 Å². The Bertz CT molecular complexity index is 325. The maximum Gasteiger partial charge on any atom is 0.151 e. The fraction of sp³-hybridized carbons (Fsp3) is 0.636. The first-order valence-electron chi connectivity index (χ1n) is 5.67. The van der Waals surface area contributed by atoms with E-state index in [0.29, 0.717) is 11.1 Å². The van der Waals surface area contributed by atoms with Crippen molar-refractivity contribution in [2.24, 2.45) is 5.92 Å². The largest absolute Gasteiger partial charge is 0.358 e. The maximum atomic E-state index is 5.71. The molecule has 0 aliphatic carbocycles. The molecular formula is C11H18Cl2N4. The van der Waals surface area contributed by atoms with Crippen LogP contribution in [-0.4, -0.2) is 36.9 Å². The molecule has 1 atom stereocenters. The van der Waals surface area contributed by atoms with E-state index in [-0.39, 0.29) is 12.4 Å². The molecule has 96 valence electrons. The third-order valence-electron chi connectivity index (χ3n) is 2.94. The van der Waals surface area contributed by atoms with Crippen LogP contribution in [0.4, 0.5) is 5.82 Å². The molecule has 0 saturated carbocycles. The van der Waals surface area contributed by atoms with E-state index in [9.17, 15) is 0 Å². The van der Waals surface area contributed by atoms with Gasteiger partial charge in [-0.3, -0.25) is 0 Å². The Hall–Kier alpha value is -0.580. The third kappa shape index (κ3) is 4.30. The highest BCUT2D eigenvalue weighted by molar-refractivity contribution is 6.29. The first-order valence-corrected chi connectivity index (χ1v) is 6.04. The van der Waals surface area contributed by atoms with Gasteiger partial charge in [0.15, 0.2) is 11.0 Å². The number of piperidine rings is 1. The molecule has 4 nitrogen and oxygen atoms in total. The van der Waals surface area contributed by atoms with Crippen molar-refractivity contribution in [2.45, 2.75) is 12.8 Å². The van der Waals surface area contributed by atoms with Crippen molar-refractivity contribution in [3.8, 4) is 0 Å². The van der Waals surface area contributed by atoms with E-state index in [4.69, 9.17) is 11.6 Å². The van der Waals surface area contributed by atoms with Crippen LogP contribution in [0.25, 0.3) is 0 Å². The summed E-state index contributed by atoms with van der Waals surface area (Å²) in [4.78, 5) is 2.14. The number of hydrogen-bond acceptors (Lipinski definition) is 4. The number of hydrogen-bond donors (Lipinski definition) is 1. The van der Waals surface area contributed by atoms with Crippen LogP contribution in [0.5, 0.6) is 0 Å². The topological polar surface area (TPSA) is 41.0 Å². The third-order valence-corrected chi connectivity index (χ3v) is 3.14. The summed E-state index contributed by atoms with van der Waals surface area (Å²) in [5, 5.41) is 11.8. The van der Waals surface area contributed by atoms with Crippen LogP contribution in [0, 0.1) is 5.92 Å². The minimum absolute atomic E-state index is 0. The smallest absolute Gasteiger partial charge is 0.151 e. The molecule has 1 fully saturated rings. The number of anilines is 1. The van der Waals surface area contributed by atoms with Crippen molar-refractivity contribution in [2.75, 3.05) is 31.6 Å². The van der Waals surface area contributed by atoms with Crippen molar-refractivity contribution in [3.63, 3.8) is 0 Å². The van der Waals surface area contributed by atoms with Gasteiger partial charge >= 0.3 is 0 Å². The molecule has 0 amide bonds. The van der Waals surface area contributed by atoms with Crippen LogP contribution in [0.2, 0.25) is 5.15 Å². The molecule has 17 heavy (non-hydrogen) atoms. The molecule has 0 spiro atoms. The van der Waals surface area contributed by atoms with Crippen molar-refractivity contribution < 1.29 is 0 Å². The number of nitrogens with one attached hydrogen (secondary N) is 1. The van der Waals surface area contributed by atoms with Crippen LogP contribution in [0.15, 0.2) is 12.1 Å². The molecule has 2 rings (SSSR count). The van der Waals surface area contributed by atoms with Gasteiger partial charge in [0.25, 0.3) is 0 Å². The zero-order valence-electron chi connectivity index (χ0n) is 9.90. The molecule has 1 aromatic heterocycles. The zero-order chi connectivity index (χ0) is 11.4. The summed E-state index contributed by atoms with van der Waals surface area (Å²) in [5.41, 5.74) is 0. The number of aromatic nitrogens is 2. The SMILES string of the molecule is CN(CC1CCCNC1)c1ccc(Cl)nn1.Cl. The second-order valence-electron chi connectivity index (χ2n) is 4.31. The Morgan fingerprint density at radius 2 is 2.29 bits per heavy atom. The normalized spacial score (nSPS) is 19.5. The van der Waals surface area contributed by atoms with E-state index in [2.05, 4.69) is 20.4 Å². The van der Waals surface area contributed by atoms with Crippen molar-refractivity contribution in [3.05, 3.63) is 17.3 Å². The summed E-state index contributed by atoms with van der Waals surface area (Å²) < 4.78 is 0. The molecule has 0 bridgehead atoms. The Balaban J connectivity index is 0.00000144. The fourth-order valence-corrected chi connectivity index (χ4v) is 2.17. The summed E-state index contributed by atoms with van der Waals surface area (Å²) in [7, 11) is 2.05. The van der Waals surface area contributed by atoms with E-state index in [1.165, 1.54) is 12.8 Å². The Morgan fingerprint density at radius 1 is 1.47 bits per heavy atom. The van der Waals surface area contributed by atoms with E-state index < -0.39 is 0 Å². The van der Waals surface area contributed by atoms with Gasteiger partial charge in [-0.15, -0.1) is 22.6 Å². The average molecular weight is 277 g/mol. The summed E-state index contributed by atoms with van der Waals surface area (Å²) in [5.74, 6) is 1.59. The van der Waals surface area contributed by atoms with Gasteiger partial charge in [0.05, 0.1) is 0 Å². The Labute approximate surface area is 113 Å². The van der Waals surface area contributed by atoms with Gasteiger partial charge in [0.2, 0.25) is 0 Å². The van der Waals surface area contributed by atoms with Gasteiger partial charge < -0.3 is 10.2 Å². The van der Waals surface area contributed by atoms with Crippen molar-refractivity contribution >= 4 is 29.8 Å². The molecule has 1 unspecified atom stereocenters. The summed E-state index contributed by atoms with van der Waals surface area (Å²) in [6.07, 6.45) is 2.56. The molecule has 1 aliphatic rings. The van der Waals surface area contributed by atoms with E-state index in [1.807, 2.05) is 13.1 Å². The minimum Gasteiger partial charge on any atom is -0.358 e. The predicted octanol–water partition coefficient (Wildman–Crippen LogP) is 1.99. The van der Waals surface area contributed by atoms with Gasteiger partial charge in [-0.2, -0.15) is 0 Å². The first-order chi connectivity index (χ1) is 7.75. The second-order valence-corrected chi connectivity index (χ2v) is 4.69. The molecule has 1 aliphatic heterocycles. The highest BCUT2D eigenvalue weighted by atomic mass is 35.5. The van der Waals surface area contributed by atoms with E-state index >= 15 is 0 Å². The van der Waals surface area contributed by atoms with Crippen molar-refractivity contribution in [1.82, 2.24) is 15.5 Å². The molecule has 0 radical (unpaired) electrons. The van der Waals surface area contributed by atoms with Gasteiger partial charge in [-0.25, -0.2) is 0 Å². The van der Waals surface area contributed by atoms with E-state index in [0.717, 1.165) is 25.5 Å². The number of nitrogens with zero attached hydrogens (tertiary/aromatic N) is 3. The average Bonchev–Trinajstić information content (AvgIpc) is 2.31. The van der Waals surface area contributed by atoms with Crippen LogP contribution in [-0.2, 0) is 0 Å². The van der Waals surface area contributed by atoms with Crippen LogP contribution in [0.3, 0.4) is 0 Å². The Morgan fingerprint density at radius 3 is 2.88 bits per heavy atom. The monoisotopic (exact) mass is 276 g/mol. The first kappa shape index (κ1) is 14.5. The summed E-state index contributed by atoms with van der Waals surface area (Å²) in [6, 6.07) is 3.69. The van der Waals surface area contributed by atoms with Gasteiger partial charge in [0, 0.05) is 13.6 Å². The molecule has 6 heteroatoms. The fourth-order valence-electron chi connectivity index (χ4n) is 2.07. The summed E-state index contributed by atoms with van der Waals surface area (Å²) >= 11 is 5.71. The van der Waals surface area contributed by atoms with E-state index in [1.54, 1.807) is 6.07 Å². The van der Waals surface area contributed by atoms with Crippen molar-refractivity contribution in [1.29, 1.82) is 0 Å². The zero-order valence-corrected chi connectivity index (χ0v) is 11.5. The minimum atomic E-state index is 0. The highest BCUT2D eigenvalue weighted by Gasteiger charge is 2.15. The molecule has 1 N–H and O–H groups in total.